The zero-order valence-electron chi connectivity index (χ0n) is 11.8. The van der Waals surface area contributed by atoms with E-state index in [2.05, 4.69) is 0 Å². The van der Waals surface area contributed by atoms with E-state index in [1.165, 1.54) is 11.8 Å². The summed E-state index contributed by atoms with van der Waals surface area (Å²) in [4.78, 5) is 12.2. The first kappa shape index (κ1) is 15.9. The number of thioether (sulfide) groups is 1. The van der Waals surface area contributed by atoms with E-state index >= 15 is 0 Å². The largest absolute Gasteiger partial charge is 0.465 e. The molecule has 2 rings (SSSR count). The van der Waals surface area contributed by atoms with Crippen LogP contribution in [0.1, 0.15) is 23.3 Å². The molecule has 0 heterocycles. The molecule has 0 N–H and O–H groups in total. The highest BCUT2D eigenvalue weighted by molar-refractivity contribution is 7.99. The van der Waals surface area contributed by atoms with E-state index in [0.29, 0.717) is 12.4 Å². The van der Waals surface area contributed by atoms with Crippen molar-refractivity contribution < 1.29 is 9.53 Å². The summed E-state index contributed by atoms with van der Waals surface area (Å²) in [5, 5.41) is 0.392. The van der Waals surface area contributed by atoms with Crippen LogP contribution in [0.5, 0.6) is 0 Å². The summed E-state index contributed by atoms with van der Waals surface area (Å²) in [5.74, 6) is 0.457. The second-order valence-corrected chi connectivity index (χ2v) is 5.95. The molecular formula is C17H17ClO2S. The van der Waals surface area contributed by atoms with Crippen molar-refractivity contribution in [3.05, 3.63) is 70.7 Å². The van der Waals surface area contributed by atoms with Crippen molar-refractivity contribution in [3.63, 3.8) is 0 Å². The van der Waals surface area contributed by atoms with Gasteiger partial charge in [0.25, 0.3) is 0 Å². The molecule has 4 heteroatoms. The third-order valence-electron chi connectivity index (χ3n) is 2.97. The number of carbonyl (C=O) groups excluding carboxylic acids is 1. The third kappa shape index (κ3) is 4.51. The fourth-order valence-electron chi connectivity index (χ4n) is 1.93. The Morgan fingerprint density at radius 2 is 1.81 bits per heavy atom. The van der Waals surface area contributed by atoms with Gasteiger partial charge in [0.1, 0.15) is 5.25 Å². The maximum atomic E-state index is 12.2. The highest BCUT2D eigenvalue weighted by Crippen LogP contribution is 2.34. The molecule has 2 nitrogen and oxygen atoms in total. The summed E-state index contributed by atoms with van der Waals surface area (Å²) in [7, 11) is 0. The maximum absolute atomic E-state index is 12.2. The number of carbonyl (C=O) groups is 1. The Labute approximate surface area is 134 Å². The van der Waals surface area contributed by atoms with Crippen molar-refractivity contribution in [1.29, 1.82) is 0 Å². The first-order valence-corrected chi connectivity index (χ1v) is 8.21. The maximum Gasteiger partial charge on any atom is 0.323 e. The standard InChI is InChI=1S/C17H17ClO2S/c1-2-20-17(19)16(13-8-4-3-5-9-13)21-12-14-10-6-7-11-15(14)18/h3-11,16H,2,12H2,1H3. The predicted octanol–water partition coefficient (Wildman–Crippen LogP) is 4.88. The number of esters is 1. The van der Waals surface area contributed by atoms with Crippen LogP contribution in [0.3, 0.4) is 0 Å². The van der Waals surface area contributed by atoms with E-state index in [0.717, 1.165) is 16.1 Å². The van der Waals surface area contributed by atoms with Gasteiger partial charge in [0, 0.05) is 10.8 Å². The van der Waals surface area contributed by atoms with Crippen LogP contribution >= 0.6 is 23.4 Å². The normalized spacial score (nSPS) is 11.9. The molecule has 0 fully saturated rings. The quantitative estimate of drug-likeness (QED) is 0.710. The molecule has 0 aromatic heterocycles. The minimum atomic E-state index is -0.331. The molecule has 2 aromatic carbocycles. The molecule has 0 spiro atoms. The van der Waals surface area contributed by atoms with Crippen molar-refractivity contribution in [2.75, 3.05) is 6.61 Å². The van der Waals surface area contributed by atoms with Crippen LogP contribution in [-0.2, 0) is 15.3 Å². The molecule has 0 aliphatic rings. The molecular weight excluding hydrogens is 304 g/mol. The Kier molecular flexibility index (Phi) is 6.15. The fraction of sp³-hybridized carbons (Fsp3) is 0.235. The number of hydrogen-bond donors (Lipinski definition) is 0. The van der Waals surface area contributed by atoms with Crippen LogP contribution < -0.4 is 0 Å². The molecule has 1 unspecified atom stereocenters. The molecule has 2 aromatic rings. The zero-order valence-corrected chi connectivity index (χ0v) is 13.4. The summed E-state index contributed by atoms with van der Waals surface area (Å²) < 4.78 is 5.18. The molecule has 1 atom stereocenters. The Morgan fingerprint density at radius 3 is 2.48 bits per heavy atom. The molecule has 0 saturated heterocycles. The van der Waals surface area contributed by atoms with Gasteiger partial charge in [-0.15, -0.1) is 11.8 Å². The first-order chi connectivity index (χ1) is 10.2. The van der Waals surface area contributed by atoms with Gasteiger partial charge in [0.15, 0.2) is 0 Å². The molecule has 0 saturated carbocycles. The van der Waals surface area contributed by atoms with Gasteiger partial charge in [-0.2, -0.15) is 0 Å². The van der Waals surface area contributed by atoms with E-state index in [4.69, 9.17) is 16.3 Å². The summed E-state index contributed by atoms with van der Waals surface area (Å²) >= 11 is 7.70. The molecule has 0 bridgehead atoms. The van der Waals surface area contributed by atoms with E-state index in [1.54, 1.807) is 0 Å². The number of halogens is 1. The van der Waals surface area contributed by atoms with Crippen LogP contribution in [0, 0.1) is 0 Å². The van der Waals surface area contributed by atoms with Gasteiger partial charge in [0.05, 0.1) is 6.61 Å². The van der Waals surface area contributed by atoms with Gasteiger partial charge < -0.3 is 4.74 Å². The Balaban J connectivity index is 2.13. The lowest BCUT2D eigenvalue weighted by Crippen LogP contribution is -2.13. The fourth-order valence-corrected chi connectivity index (χ4v) is 3.37. The minimum Gasteiger partial charge on any atom is -0.465 e. The molecule has 21 heavy (non-hydrogen) atoms. The van der Waals surface area contributed by atoms with Crippen molar-refractivity contribution in [3.8, 4) is 0 Å². The summed E-state index contributed by atoms with van der Waals surface area (Å²) in [6.45, 7) is 2.20. The molecule has 110 valence electrons. The average molecular weight is 321 g/mol. The molecule has 0 radical (unpaired) electrons. The number of rotatable bonds is 6. The molecule has 0 aliphatic carbocycles. The second-order valence-electron chi connectivity index (χ2n) is 4.45. The topological polar surface area (TPSA) is 26.3 Å². The Morgan fingerprint density at radius 1 is 1.14 bits per heavy atom. The van der Waals surface area contributed by atoms with Crippen LogP contribution in [0.2, 0.25) is 5.02 Å². The molecule has 0 aliphatic heterocycles. The SMILES string of the molecule is CCOC(=O)C(SCc1ccccc1Cl)c1ccccc1. The predicted molar refractivity (Wildman–Crippen MR) is 88.6 cm³/mol. The van der Waals surface area contributed by atoms with Crippen LogP contribution in [0.15, 0.2) is 54.6 Å². The minimum absolute atomic E-state index is 0.208. The Bertz CT molecular complexity index is 586. The number of ether oxygens (including phenoxy) is 1. The van der Waals surface area contributed by atoms with Gasteiger partial charge in [-0.05, 0) is 24.1 Å². The van der Waals surface area contributed by atoms with Gasteiger partial charge in [-0.1, -0.05) is 60.1 Å². The van der Waals surface area contributed by atoms with E-state index in [1.807, 2.05) is 61.5 Å². The van der Waals surface area contributed by atoms with Gasteiger partial charge in [-0.3, -0.25) is 4.79 Å². The number of hydrogen-bond acceptors (Lipinski definition) is 3. The smallest absolute Gasteiger partial charge is 0.323 e. The van der Waals surface area contributed by atoms with E-state index in [-0.39, 0.29) is 11.2 Å². The van der Waals surface area contributed by atoms with Crippen molar-refractivity contribution >= 4 is 29.3 Å². The lowest BCUT2D eigenvalue weighted by atomic mass is 10.1. The van der Waals surface area contributed by atoms with Crippen molar-refractivity contribution in [2.45, 2.75) is 17.9 Å². The monoisotopic (exact) mass is 320 g/mol. The lowest BCUT2D eigenvalue weighted by Gasteiger charge is -2.16. The number of benzene rings is 2. The summed E-state index contributed by atoms with van der Waals surface area (Å²) in [6, 6.07) is 17.4. The highest BCUT2D eigenvalue weighted by atomic mass is 35.5. The molecule has 0 amide bonds. The van der Waals surface area contributed by atoms with Crippen molar-refractivity contribution in [2.24, 2.45) is 0 Å². The first-order valence-electron chi connectivity index (χ1n) is 6.79. The lowest BCUT2D eigenvalue weighted by molar-refractivity contribution is -0.142. The van der Waals surface area contributed by atoms with E-state index in [9.17, 15) is 4.79 Å². The van der Waals surface area contributed by atoms with Gasteiger partial charge >= 0.3 is 5.97 Å². The highest BCUT2D eigenvalue weighted by Gasteiger charge is 2.22. The van der Waals surface area contributed by atoms with E-state index < -0.39 is 0 Å². The van der Waals surface area contributed by atoms with Gasteiger partial charge in [-0.25, -0.2) is 0 Å². The second kappa shape index (κ2) is 8.11. The van der Waals surface area contributed by atoms with Crippen LogP contribution in [0.25, 0.3) is 0 Å². The average Bonchev–Trinajstić information content (AvgIpc) is 2.50. The third-order valence-corrected chi connectivity index (χ3v) is 4.61. The zero-order chi connectivity index (χ0) is 15.1. The van der Waals surface area contributed by atoms with Crippen molar-refractivity contribution in [1.82, 2.24) is 0 Å². The van der Waals surface area contributed by atoms with Crippen LogP contribution in [-0.4, -0.2) is 12.6 Å². The van der Waals surface area contributed by atoms with Crippen LogP contribution in [0.4, 0.5) is 0 Å². The summed E-state index contributed by atoms with van der Waals surface area (Å²) in [5.41, 5.74) is 1.97. The summed E-state index contributed by atoms with van der Waals surface area (Å²) in [6.07, 6.45) is 0. The van der Waals surface area contributed by atoms with Gasteiger partial charge in [0.2, 0.25) is 0 Å². The Hall–Kier alpha value is -1.45.